The average molecular weight is 427 g/mol. The molecule has 3 aromatic carbocycles. The summed E-state index contributed by atoms with van der Waals surface area (Å²) in [7, 11) is -3.61. The van der Waals surface area contributed by atoms with Gasteiger partial charge in [0.05, 0.1) is 17.6 Å². The summed E-state index contributed by atoms with van der Waals surface area (Å²) in [5, 5.41) is 2.85. The third-order valence-corrected chi connectivity index (χ3v) is 6.33. The lowest BCUT2D eigenvalue weighted by Gasteiger charge is -2.22. The first kappa shape index (κ1) is 21.0. The molecule has 150 valence electrons. The number of para-hydroxylation sites is 1. The number of aryl methyl sites for hydroxylation is 1. The van der Waals surface area contributed by atoms with E-state index in [-0.39, 0.29) is 6.54 Å². The van der Waals surface area contributed by atoms with Gasteiger partial charge >= 0.3 is 0 Å². The maximum atomic E-state index is 12.7. The molecule has 0 spiro atoms. The first-order chi connectivity index (χ1) is 13.8. The van der Waals surface area contributed by atoms with Crippen LogP contribution in [0.4, 0.5) is 11.4 Å². The summed E-state index contributed by atoms with van der Waals surface area (Å²) < 4.78 is 25.7. The topological polar surface area (TPSA) is 66.5 Å². The SMILES string of the molecule is Cc1cccc(N(CC(=O)Nc2ccccc2Sc2ccccc2)S(C)(=O)=O)c1. The van der Waals surface area contributed by atoms with Crippen LogP contribution in [0, 0.1) is 6.92 Å². The molecule has 0 aliphatic heterocycles. The molecule has 0 fully saturated rings. The van der Waals surface area contributed by atoms with Gasteiger partial charge in [-0.1, -0.05) is 54.2 Å². The van der Waals surface area contributed by atoms with Crippen molar-refractivity contribution in [1.29, 1.82) is 0 Å². The monoisotopic (exact) mass is 426 g/mol. The Bertz CT molecular complexity index is 1100. The van der Waals surface area contributed by atoms with E-state index >= 15 is 0 Å². The van der Waals surface area contributed by atoms with E-state index < -0.39 is 15.9 Å². The van der Waals surface area contributed by atoms with Gasteiger partial charge in [-0.05, 0) is 48.9 Å². The summed E-state index contributed by atoms with van der Waals surface area (Å²) in [5.74, 6) is -0.405. The molecule has 0 atom stereocenters. The number of rotatable bonds is 7. The Morgan fingerprint density at radius 3 is 2.34 bits per heavy atom. The van der Waals surface area contributed by atoms with Gasteiger partial charge in [0.1, 0.15) is 6.54 Å². The second kappa shape index (κ2) is 9.15. The Hall–Kier alpha value is -2.77. The molecule has 3 rings (SSSR count). The largest absolute Gasteiger partial charge is 0.323 e. The minimum Gasteiger partial charge on any atom is -0.323 e. The number of benzene rings is 3. The number of carbonyl (C=O) groups is 1. The van der Waals surface area contributed by atoms with E-state index in [1.165, 1.54) is 11.8 Å². The van der Waals surface area contributed by atoms with Gasteiger partial charge in [-0.25, -0.2) is 8.42 Å². The van der Waals surface area contributed by atoms with Crippen LogP contribution in [0.25, 0.3) is 0 Å². The lowest BCUT2D eigenvalue weighted by molar-refractivity contribution is -0.114. The Morgan fingerprint density at radius 1 is 0.966 bits per heavy atom. The molecule has 1 N–H and O–H groups in total. The first-order valence-corrected chi connectivity index (χ1v) is 11.7. The van der Waals surface area contributed by atoms with Crippen LogP contribution in [-0.2, 0) is 14.8 Å². The minimum atomic E-state index is -3.61. The molecule has 1 amide bonds. The first-order valence-electron chi connectivity index (χ1n) is 8.99. The summed E-state index contributed by atoms with van der Waals surface area (Å²) in [4.78, 5) is 14.6. The lowest BCUT2D eigenvalue weighted by Crippen LogP contribution is -2.37. The van der Waals surface area contributed by atoms with Crippen molar-refractivity contribution >= 4 is 39.1 Å². The Kier molecular flexibility index (Phi) is 6.61. The lowest BCUT2D eigenvalue weighted by atomic mass is 10.2. The van der Waals surface area contributed by atoms with Crippen LogP contribution in [0.15, 0.2) is 88.7 Å². The number of carbonyl (C=O) groups excluding carboxylic acids is 1. The van der Waals surface area contributed by atoms with E-state index in [9.17, 15) is 13.2 Å². The molecule has 29 heavy (non-hydrogen) atoms. The van der Waals surface area contributed by atoms with Gasteiger partial charge in [0.25, 0.3) is 0 Å². The van der Waals surface area contributed by atoms with Crippen LogP contribution >= 0.6 is 11.8 Å². The number of anilines is 2. The molecule has 0 bridgehead atoms. The van der Waals surface area contributed by atoms with Crippen molar-refractivity contribution in [2.75, 3.05) is 22.4 Å². The third kappa shape index (κ3) is 5.85. The zero-order valence-electron chi connectivity index (χ0n) is 16.2. The van der Waals surface area contributed by atoms with Gasteiger partial charge in [0, 0.05) is 9.79 Å². The summed E-state index contributed by atoms with van der Waals surface area (Å²) >= 11 is 1.53. The molecular weight excluding hydrogens is 404 g/mol. The molecule has 0 unspecified atom stereocenters. The van der Waals surface area contributed by atoms with Gasteiger partial charge in [0.15, 0.2) is 0 Å². The van der Waals surface area contributed by atoms with Crippen LogP contribution in [0.2, 0.25) is 0 Å². The highest BCUT2D eigenvalue weighted by atomic mass is 32.2. The quantitative estimate of drug-likeness (QED) is 0.602. The molecular formula is C22H22N2O3S2. The Balaban J connectivity index is 1.79. The number of nitrogens with one attached hydrogen (secondary N) is 1. The second-order valence-electron chi connectivity index (χ2n) is 6.57. The third-order valence-electron chi connectivity index (χ3n) is 4.11. The van der Waals surface area contributed by atoms with E-state index in [0.717, 1.165) is 25.9 Å². The van der Waals surface area contributed by atoms with Crippen molar-refractivity contribution in [1.82, 2.24) is 0 Å². The average Bonchev–Trinajstić information content (AvgIpc) is 2.67. The summed E-state index contributed by atoms with van der Waals surface area (Å²) in [6.07, 6.45) is 1.10. The standard InChI is InChI=1S/C22H22N2O3S2/c1-17-9-8-10-18(15-17)24(29(2,26)27)16-22(25)23-20-13-6-7-14-21(20)28-19-11-4-3-5-12-19/h3-15H,16H2,1-2H3,(H,23,25). The Morgan fingerprint density at radius 2 is 1.66 bits per heavy atom. The molecule has 0 aliphatic rings. The van der Waals surface area contributed by atoms with E-state index in [0.29, 0.717) is 11.4 Å². The van der Waals surface area contributed by atoms with Crippen molar-refractivity contribution in [2.24, 2.45) is 0 Å². The van der Waals surface area contributed by atoms with Crippen LogP contribution in [0.1, 0.15) is 5.56 Å². The summed E-state index contributed by atoms with van der Waals surface area (Å²) in [6.45, 7) is 1.58. The smallest absolute Gasteiger partial charge is 0.245 e. The highest BCUT2D eigenvalue weighted by Gasteiger charge is 2.21. The Labute approximate surface area is 175 Å². The highest BCUT2D eigenvalue weighted by Crippen LogP contribution is 2.33. The van der Waals surface area contributed by atoms with Gasteiger partial charge in [0.2, 0.25) is 15.9 Å². The fourth-order valence-corrected chi connectivity index (χ4v) is 4.55. The van der Waals surface area contributed by atoms with Crippen LogP contribution in [0.5, 0.6) is 0 Å². The van der Waals surface area contributed by atoms with Gasteiger partial charge < -0.3 is 5.32 Å². The molecule has 3 aromatic rings. The van der Waals surface area contributed by atoms with E-state index in [4.69, 9.17) is 0 Å². The van der Waals surface area contributed by atoms with E-state index in [2.05, 4.69) is 5.32 Å². The zero-order chi connectivity index (χ0) is 20.9. The van der Waals surface area contributed by atoms with Crippen molar-refractivity contribution in [3.05, 3.63) is 84.4 Å². The molecule has 0 saturated heterocycles. The second-order valence-corrected chi connectivity index (χ2v) is 9.59. The molecule has 7 heteroatoms. The van der Waals surface area contributed by atoms with Gasteiger partial charge in [-0.2, -0.15) is 0 Å². The van der Waals surface area contributed by atoms with E-state index in [1.807, 2.05) is 61.5 Å². The zero-order valence-corrected chi connectivity index (χ0v) is 17.8. The number of amides is 1. The fourth-order valence-electron chi connectivity index (χ4n) is 2.78. The van der Waals surface area contributed by atoms with E-state index in [1.54, 1.807) is 24.3 Å². The van der Waals surface area contributed by atoms with Crippen LogP contribution in [0.3, 0.4) is 0 Å². The van der Waals surface area contributed by atoms with Crippen molar-refractivity contribution in [3.8, 4) is 0 Å². The van der Waals surface area contributed by atoms with Crippen molar-refractivity contribution < 1.29 is 13.2 Å². The maximum Gasteiger partial charge on any atom is 0.245 e. The number of nitrogens with zero attached hydrogens (tertiary/aromatic N) is 1. The predicted molar refractivity (Wildman–Crippen MR) is 119 cm³/mol. The molecule has 5 nitrogen and oxygen atoms in total. The summed E-state index contributed by atoms with van der Waals surface area (Å²) in [5.41, 5.74) is 2.03. The fraction of sp³-hybridized carbons (Fsp3) is 0.136. The molecule has 0 aliphatic carbocycles. The molecule has 0 saturated carbocycles. The molecule has 0 radical (unpaired) electrons. The normalized spacial score (nSPS) is 11.1. The number of hydrogen-bond acceptors (Lipinski definition) is 4. The maximum absolute atomic E-state index is 12.7. The summed E-state index contributed by atoms with van der Waals surface area (Å²) in [6, 6.07) is 24.4. The van der Waals surface area contributed by atoms with Crippen LogP contribution < -0.4 is 9.62 Å². The predicted octanol–water partition coefficient (Wildman–Crippen LogP) is 4.55. The van der Waals surface area contributed by atoms with Gasteiger partial charge in [-0.15, -0.1) is 0 Å². The van der Waals surface area contributed by atoms with Crippen molar-refractivity contribution in [3.63, 3.8) is 0 Å². The number of sulfonamides is 1. The van der Waals surface area contributed by atoms with Crippen LogP contribution in [-0.4, -0.2) is 27.1 Å². The number of hydrogen-bond donors (Lipinski definition) is 1. The van der Waals surface area contributed by atoms with Gasteiger partial charge in [-0.3, -0.25) is 9.10 Å². The highest BCUT2D eigenvalue weighted by molar-refractivity contribution is 7.99. The van der Waals surface area contributed by atoms with Crippen molar-refractivity contribution in [2.45, 2.75) is 16.7 Å². The minimum absolute atomic E-state index is 0.299. The molecule has 0 aromatic heterocycles. The molecule has 0 heterocycles.